The number of benzene rings is 2. The summed E-state index contributed by atoms with van der Waals surface area (Å²) in [6, 6.07) is 22.2. The molecule has 2 aromatic carbocycles. The Labute approximate surface area is 308 Å². The Kier molecular flexibility index (Phi) is 14.8. The van der Waals surface area contributed by atoms with Crippen LogP contribution in [-0.4, -0.2) is 73.2 Å². The molecule has 3 aliphatic heterocycles. The van der Waals surface area contributed by atoms with Crippen molar-refractivity contribution < 1.29 is 19.8 Å². The molecule has 0 saturated heterocycles. The SMILES string of the molecule is CCC[NH+]1C=CN1CC[n+]1ccccc1N=Nc1ccc(N(CC)CCO)cc1.CO.c1cncc(N=Nc2cc3c4c(c2)CCCN4CCC3)c1. The van der Waals surface area contributed by atoms with Crippen LogP contribution >= 0.6 is 0 Å². The van der Waals surface area contributed by atoms with Crippen LogP contribution in [0.15, 0.2) is 118 Å². The zero-order valence-electron chi connectivity index (χ0n) is 30.8. The molecule has 5 heterocycles. The van der Waals surface area contributed by atoms with Gasteiger partial charge in [0.25, 0.3) is 0 Å². The van der Waals surface area contributed by atoms with Gasteiger partial charge in [-0.15, -0.1) is 5.11 Å². The first kappa shape index (κ1) is 38.2. The number of pyridine rings is 2. The first-order valence-corrected chi connectivity index (χ1v) is 18.5. The summed E-state index contributed by atoms with van der Waals surface area (Å²) in [5, 5.41) is 37.5. The third-order valence-electron chi connectivity index (χ3n) is 9.30. The van der Waals surface area contributed by atoms with Crippen molar-refractivity contribution in [2.45, 2.75) is 52.5 Å². The molecule has 12 heteroatoms. The van der Waals surface area contributed by atoms with Crippen molar-refractivity contribution in [3.8, 4) is 0 Å². The number of aromatic nitrogens is 2. The third-order valence-corrected chi connectivity index (χ3v) is 9.30. The second-order valence-corrected chi connectivity index (χ2v) is 12.7. The number of aliphatic hydroxyl groups excluding tert-OH is 2. The number of azo groups is 2. The average Bonchev–Trinajstić information content (AvgIpc) is 3.19. The van der Waals surface area contributed by atoms with E-state index in [1.165, 1.54) is 54.2 Å². The number of aryl methyl sites for hydroxylation is 2. The lowest BCUT2D eigenvalue weighted by atomic mass is 9.91. The maximum Gasteiger partial charge on any atom is 0.350 e. The minimum absolute atomic E-state index is 0.147. The fourth-order valence-electron chi connectivity index (χ4n) is 6.75. The highest BCUT2D eigenvalue weighted by Crippen LogP contribution is 2.38. The van der Waals surface area contributed by atoms with Gasteiger partial charge < -0.3 is 20.0 Å². The van der Waals surface area contributed by atoms with E-state index in [2.05, 4.69) is 89.4 Å². The van der Waals surface area contributed by atoms with Crippen molar-refractivity contribution in [1.29, 1.82) is 0 Å². The Hall–Kier alpha value is -5.04. The van der Waals surface area contributed by atoms with Crippen LogP contribution in [0.2, 0.25) is 0 Å². The molecule has 7 rings (SSSR count). The zero-order chi connectivity index (χ0) is 36.5. The highest BCUT2D eigenvalue weighted by atomic mass is 16.3. The van der Waals surface area contributed by atoms with Crippen molar-refractivity contribution in [1.82, 2.24) is 9.99 Å². The van der Waals surface area contributed by atoms with Crippen molar-refractivity contribution in [2.24, 2.45) is 20.5 Å². The number of hydrogen-bond acceptors (Lipinski definition) is 10. The second-order valence-electron chi connectivity index (χ2n) is 12.7. The van der Waals surface area contributed by atoms with Gasteiger partial charge in [-0.3, -0.25) is 4.98 Å². The zero-order valence-corrected chi connectivity index (χ0v) is 30.8. The first-order chi connectivity index (χ1) is 25.6. The highest BCUT2D eigenvalue weighted by molar-refractivity contribution is 5.67. The van der Waals surface area contributed by atoms with Crippen molar-refractivity contribution in [3.05, 3.63) is 109 Å². The lowest BCUT2D eigenvalue weighted by Gasteiger charge is -2.36. The van der Waals surface area contributed by atoms with Crippen LogP contribution in [0.5, 0.6) is 0 Å². The van der Waals surface area contributed by atoms with Gasteiger partial charge in [0, 0.05) is 56.9 Å². The summed E-state index contributed by atoms with van der Waals surface area (Å²) in [5.74, 6) is 0.841. The number of nitrogens with one attached hydrogen (secondary N) is 1. The molecule has 4 aromatic rings. The number of aliphatic hydroxyl groups is 2. The number of nitrogens with zero attached hydrogens (tertiary/aromatic N) is 9. The van der Waals surface area contributed by atoms with Crippen LogP contribution in [0, 0.1) is 0 Å². The Morgan fingerprint density at radius 1 is 0.865 bits per heavy atom. The van der Waals surface area contributed by atoms with Crippen molar-refractivity contribution in [2.75, 3.05) is 62.8 Å². The molecule has 3 N–H and O–H groups in total. The molecule has 52 heavy (non-hydrogen) atoms. The fraction of sp³-hybridized carbons (Fsp3) is 0.400. The molecule has 0 amide bonds. The quantitative estimate of drug-likeness (QED) is 0.116. The van der Waals surface area contributed by atoms with Crippen LogP contribution in [0.3, 0.4) is 0 Å². The van der Waals surface area contributed by atoms with Gasteiger partial charge in [-0.25, -0.2) is 14.6 Å². The molecule has 0 radical (unpaired) electrons. The van der Waals surface area contributed by atoms with E-state index in [0.29, 0.717) is 6.54 Å². The summed E-state index contributed by atoms with van der Waals surface area (Å²) in [7, 11) is 1.00. The van der Waals surface area contributed by atoms with Gasteiger partial charge in [0.05, 0.1) is 29.8 Å². The normalized spacial score (nSPS) is 15.8. The smallest absolute Gasteiger partial charge is 0.350 e. The maximum atomic E-state index is 9.17. The molecule has 12 nitrogen and oxygen atoms in total. The van der Waals surface area contributed by atoms with Crippen LogP contribution in [0.25, 0.3) is 0 Å². The number of hydrogen-bond donors (Lipinski definition) is 3. The Morgan fingerprint density at radius 3 is 2.23 bits per heavy atom. The largest absolute Gasteiger partial charge is 0.400 e. The monoisotopic (exact) mass is 706 g/mol. The molecule has 0 fully saturated rings. The van der Waals surface area contributed by atoms with Crippen LogP contribution in [0.4, 0.5) is 34.3 Å². The maximum absolute atomic E-state index is 9.17. The van der Waals surface area contributed by atoms with Gasteiger partial charge in [0.1, 0.15) is 43.4 Å². The number of anilines is 2. The fourth-order valence-corrected chi connectivity index (χ4v) is 6.75. The van der Waals surface area contributed by atoms with Gasteiger partial charge in [-0.1, -0.05) is 13.0 Å². The van der Waals surface area contributed by atoms with Crippen molar-refractivity contribution >= 4 is 34.3 Å². The Bertz CT molecular complexity index is 1730. The summed E-state index contributed by atoms with van der Waals surface area (Å²) < 4.78 is 2.13. The highest BCUT2D eigenvalue weighted by Gasteiger charge is 2.24. The molecule has 0 spiro atoms. The van der Waals surface area contributed by atoms with E-state index in [1.54, 1.807) is 12.4 Å². The number of likely N-dealkylation sites (N-methyl/N-ethyl adjacent to an activating group) is 1. The Balaban J connectivity index is 0.000000200. The average molecular weight is 707 g/mol. The minimum atomic E-state index is 0.147. The van der Waals surface area contributed by atoms with E-state index in [-0.39, 0.29) is 6.61 Å². The molecule has 0 bridgehead atoms. The summed E-state index contributed by atoms with van der Waals surface area (Å²) in [4.78, 5) is 8.73. The van der Waals surface area contributed by atoms with Crippen molar-refractivity contribution in [3.63, 3.8) is 0 Å². The topological polar surface area (TPSA) is 121 Å². The molecule has 3 aliphatic rings. The second kappa shape index (κ2) is 20.1. The van der Waals surface area contributed by atoms with E-state index < -0.39 is 0 Å². The van der Waals surface area contributed by atoms with Crippen LogP contribution in [-0.2, 0) is 19.4 Å². The molecule has 0 saturated carbocycles. The van der Waals surface area contributed by atoms with Crippen LogP contribution in [0.1, 0.15) is 44.2 Å². The van der Waals surface area contributed by atoms with Gasteiger partial charge in [0.2, 0.25) is 0 Å². The molecule has 1 unspecified atom stereocenters. The van der Waals surface area contributed by atoms with Gasteiger partial charge in [-0.05, 0) is 110 Å². The van der Waals surface area contributed by atoms with E-state index in [4.69, 9.17) is 5.11 Å². The molecule has 2 aromatic heterocycles. The van der Waals surface area contributed by atoms with E-state index in [9.17, 15) is 5.11 Å². The van der Waals surface area contributed by atoms with Gasteiger partial charge >= 0.3 is 5.82 Å². The molecule has 0 aliphatic carbocycles. The predicted octanol–water partition coefficient (Wildman–Crippen LogP) is 6.01. The standard InChI is InChI=1S/C22H31N6O.C17H18N4.CH4O/c1-3-12-27-16-17-28(27)15-14-26-13-6-5-7-22(26)24-23-20-8-10-21(11-9-20)25(4-2)18-19-29;1-6-15(12-18-7-1)19-20-16-10-13-4-2-8-21-9-3-5-14(11-16)17(13)21;1-2/h5-11,13,16-17,29H,3-4,12,14-15,18-19H2,1-2H3;1,6-7,10-12H,2-5,8-9H2;2H,1H3/q+1;;/p+1. The van der Waals surface area contributed by atoms with Crippen LogP contribution < -0.4 is 19.4 Å². The summed E-state index contributed by atoms with van der Waals surface area (Å²) in [6.07, 6.45) is 15.9. The predicted molar refractivity (Wildman–Crippen MR) is 206 cm³/mol. The van der Waals surface area contributed by atoms with E-state index >= 15 is 0 Å². The van der Waals surface area contributed by atoms with E-state index in [0.717, 1.165) is 74.7 Å². The summed E-state index contributed by atoms with van der Waals surface area (Å²) >= 11 is 0. The summed E-state index contributed by atoms with van der Waals surface area (Å²) in [6.45, 7) is 11.3. The molecule has 1 atom stereocenters. The molecular formula is C40H54N10O2+2. The lowest BCUT2D eigenvalue weighted by Crippen LogP contribution is -3.17. The lowest BCUT2D eigenvalue weighted by molar-refractivity contribution is -0.987. The summed E-state index contributed by atoms with van der Waals surface area (Å²) in [5.41, 5.74) is 8.03. The molecular weight excluding hydrogens is 653 g/mol. The number of rotatable bonds is 13. The Morgan fingerprint density at radius 2 is 1.60 bits per heavy atom. The molecule has 274 valence electrons. The van der Waals surface area contributed by atoms with Gasteiger partial charge in [-0.2, -0.15) is 5.11 Å². The third kappa shape index (κ3) is 10.3. The first-order valence-electron chi connectivity index (χ1n) is 18.5. The van der Waals surface area contributed by atoms with E-state index in [1.807, 2.05) is 54.6 Å². The van der Waals surface area contributed by atoms with Gasteiger partial charge in [0.15, 0.2) is 0 Å². The number of quaternary nitrogens is 1. The minimum Gasteiger partial charge on any atom is -0.400 e.